The summed E-state index contributed by atoms with van der Waals surface area (Å²) in [7, 11) is 0. The predicted molar refractivity (Wildman–Crippen MR) is 122 cm³/mol. The molecule has 0 aliphatic heterocycles. The first kappa shape index (κ1) is 23.7. The first-order valence-electron chi connectivity index (χ1n) is 9.89. The van der Waals surface area contributed by atoms with Gasteiger partial charge < -0.3 is 9.47 Å². The molecule has 6 nitrogen and oxygen atoms in total. The Balaban J connectivity index is 1.48. The van der Waals surface area contributed by atoms with Gasteiger partial charge in [-0.2, -0.15) is 0 Å². The lowest BCUT2D eigenvalue weighted by atomic mass is 10.2. The van der Waals surface area contributed by atoms with Crippen LogP contribution in [0.15, 0.2) is 47.8 Å². The zero-order valence-electron chi connectivity index (χ0n) is 17.6. The van der Waals surface area contributed by atoms with Crippen LogP contribution in [0.5, 0.6) is 5.75 Å². The minimum atomic E-state index is -0.526. The number of anilines is 2. The molecule has 1 heterocycles. The van der Waals surface area contributed by atoms with Crippen molar-refractivity contribution >= 4 is 45.6 Å². The zero-order chi connectivity index (χ0) is 23.1. The summed E-state index contributed by atoms with van der Waals surface area (Å²) in [6, 6.07) is 11.3. The fourth-order valence-electron chi connectivity index (χ4n) is 2.91. The summed E-state index contributed by atoms with van der Waals surface area (Å²) in [5.74, 6) is -0.554. The van der Waals surface area contributed by atoms with E-state index >= 15 is 0 Å². The van der Waals surface area contributed by atoms with E-state index in [1.165, 1.54) is 35.3 Å². The molecule has 0 atom stereocenters. The summed E-state index contributed by atoms with van der Waals surface area (Å²) in [4.78, 5) is 29.6. The van der Waals surface area contributed by atoms with Crippen LogP contribution < -0.4 is 9.64 Å². The number of esters is 1. The van der Waals surface area contributed by atoms with Gasteiger partial charge >= 0.3 is 5.97 Å². The molecule has 0 bridgehead atoms. The standard InChI is InChI=1S/C23H22ClFN2O4S/c1-15-12-17(24)9-10-21(15)30-11-5-8-22(29)31-13-18-14-32-23(26-18)27(16(2)28)20-7-4-3-6-19(20)25/h3-4,6-7,9-10,12,14H,5,8,11,13H2,1-2H3. The van der Waals surface area contributed by atoms with E-state index in [9.17, 15) is 14.0 Å². The lowest BCUT2D eigenvalue weighted by Gasteiger charge is -2.18. The third kappa shape index (κ3) is 6.27. The largest absolute Gasteiger partial charge is 0.493 e. The Morgan fingerprint density at radius 2 is 2.00 bits per heavy atom. The van der Waals surface area contributed by atoms with Crippen LogP contribution in [-0.4, -0.2) is 23.5 Å². The Bertz CT molecular complexity index is 1110. The first-order valence-corrected chi connectivity index (χ1v) is 11.1. The summed E-state index contributed by atoms with van der Waals surface area (Å²) in [5.41, 5.74) is 1.53. The highest BCUT2D eigenvalue weighted by molar-refractivity contribution is 7.14. The van der Waals surface area contributed by atoms with Crippen LogP contribution in [0.1, 0.15) is 31.0 Å². The van der Waals surface area contributed by atoms with Gasteiger partial charge in [-0.25, -0.2) is 9.37 Å². The van der Waals surface area contributed by atoms with Crippen molar-refractivity contribution in [2.24, 2.45) is 0 Å². The van der Waals surface area contributed by atoms with Crippen LogP contribution in [0.25, 0.3) is 0 Å². The fourth-order valence-corrected chi connectivity index (χ4v) is 4.00. The first-order chi connectivity index (χ1) is 15.3. The molecule has 0 radical (unpaired) electrons. The summed E-state index contributed by atoms with van der Waals surface area (Å²) in [6.45, 7) is 3.57. The van der Waals surface area contributed by atoms with E-state index in [4.69, 9.17) is 21.1 Å². The summed E-state index contributed by atoms with van der Waals surface area (Å²) in [6.07, 6.45) is 0.688. The smallest absolute Gasteiger partial charge is 0.306 e. The molecule has 1 aromatic heterocycles. The molecule has 9 heteroatoms. The minimum absolute atomic E-state index is 0.0322. The minimum Gasteiger partial charge on any atom is -0.493 e. The quantitative estimate of drug-likeness (QED) is 0.287. The zero-order valence-corrected chi connectivity index (χ0v) is 19.2. The number of rotatable bonds is 9. The molecule has 0 aliphatic rings. The molecule has 0 saturated carbocycles. The topological polar surface area (TPSA) is 68.7 Å². The summed E-state index contributed by atoms with van der Waals surface area (Å²) in [5, 5.41) is 2.62. The van der Waals surface area contributed by atoms with E-state index < -0.39 is 5.82 Å². The van der Waals surface area contributed by atoms with Crippen LogP contribution >= 0.6 is 22.9 Å². The van der Waals surface area contributed by atoms with Gasteiger partial charge in [-0.05, 0) is 49.2 Å². The van der Waals surface area contributed by atoms with E-state index in [2.05, 4.69) is 4.98 Å². The average molecular weight is 477 g/mol. The van der Waals surface area contributed by atoms with Crippen LogP contribution in [0.3, 0.4) is 0 Å². The normalized spacial score (nSPS) is 10.6. The van der Waals surface area contributed by atoms with Gasteiger partial charge in [0.05, 0.1) is 18.0 Å². The molecule has 0 spiro atoms. The molecule has 1 amide bonds. The summed E-state index contributed by atoms with van der Waals surface area (Å²) >= 11 is 7.09. The molecule has 168 valence electrons. The Hall–Kier alpha value is -2.97. The van der Waals surface area contributed by atoms with Crippen molar-refractivity contribution in [3.8, 4) is 5.75 Å². The number of aryl methyl sites for hydroxylation is 1. The number of aromatic nitrogens is 1. The third-order valence-corrected chi connectivity index (χ3v) is 5.55. The van der Waals surface area contributed by atoms with Gasteiger partial charge in [-0.15, -0.1) is 11.3 Å². The molecule has 2 aromatic carbocycles. The van der Waals surface area contributed by atoms with E-state index in [1.54, 1.807) is 29.6 Å². The second kappa shape index (κ2) is 11.1. The molecule has 0 saturated heterocycles. The van der Waals surface area contributed by atoms with E-state index in [0.29, 0.717) is 28.9 Å². The third-order valence-electron chi connectivity index (χ3n) is 4.44. The number of para-hydroxylation sites is 1. The number of carbonyl (C=O) groups is 2. The Kier molecular flexibility index (Phi) is 8.19. The Labute approximate surface area is 194 Å². The van der Waals surface area contributed by atoms with Gasteiger partial charge in [-0.1, -0.05) is 23.7 Å². The van der Waals surface area contributed by atoms with Crippen LogP contribution in [0.4, 0.5) is 15.2 Å². The predicted octanol–water partition coefficient (Wildman–Crippen LogP) is 5.83. The number of thiazole rings is 1. The number of carbonyl (C=O) groups excluding carboxylic acids is 2. The maximum Gasteiger partial charge on any atom is 0.306 e. The number of ether oxygens (including phenoxy) is 2. The van der Waals surface area contributed by atoms with E-state index in [0.717, 1.165) is 11.3 Å². The van der Waals surface area contributed by atoms with Crippen LogP contribution in [0, 0.1) is 12.7 Å². The average Bonchev–Trinajstić information content (AvgIpc) is 3.21. The second-order valence-electron chi connectivity index (χ2n) is 6.95. The molecule has 0 unspecified atom stereocenters. The van der Waals surface area contributed by atoms with Crippen LogP contribution in [0.2, 0.25) is 5.02 Å². The van der Waals surface area contributed by atoms with Gasteiger partial charge in [0.25, 0.3) is 0 Å². The van der Waals surface area contributed by atoms with E-state index in [1.807, 2.05) is 13.0 Å². The molecule has 3 rings (SSSR count). The highest BCUT2D eigenvalue weighted by atomic mass is 35.5. The number of benzene rings is 2. The van der Waals surface area contributed by atoms with Crippen molar-refractivity contribution in [1.29, 1.82) is 0 Å². The second-order valence-corrected chi connectivity index (χ2v) is 8.22. The number of hydrogen-bond donors (Lipinski definition) is 0. The van der Waals surface area contributed by atoms with Gasteiger partial charge in [0.1, 0.15) is 18.2 Å². The SMILES string of the molecule is CC(=O)N(c1nc(COC(=O)CCCOc2ccc(Cl)cc2C)cs1)c1ccccc1F. The van der Waals surface area contributed by atoms with Gasteiger partial charge in [0, 0.05) is 23.7 Å². The van der Waals surface area contributed by atoms with E-state index in [-0.39, 0.29) is 30.6 Å². The highest BCUT2D eigenvalue weighted by Crippen LogP contribution is 2.31. The fraction of sp³-hybridized carbons (Fsp3) is 0.261. The van der Waals surface area contributed by atoms with Gasteiger partial charge in [0.15, 0.2) is 5.13 Å². The van der Waals surface area contributed by atoms with Crippen molar-refractivity contribution < 1.29 is 23.5 Å². The molecule has 0 N–H and O–H groups in total. The maximum absolute atomic E-state index is 14.1. The van der Waals surface area contributed by atoms with Crippen molar-refractivity contribution in [2.75, 3.05) is 11.5 Å². The maximum atomic E-state index is 14.1. The summed E-state index contributed by atoms with van der Waals surface area (Å²) < 4.78 is 25.1. The molecule has 32 heavy (non-hydrogen) atoms. The van der Waals surface area contributed by atoms with Crippen LogP contribution in [-0.2, 0) is 20.9 Å². The number of halogens is 2. The lowest BCUT2D eigenvalue weighted by Crippen LogP contribution is -2.23. The van der Waals surface area contributed by atoms with Gasteiger partial charge in [-0.3, -0.25) is 14.5 Å². The highest BCUT2D eigenvalue weighted by Gasteiger charge is 2.21. The molecular formula is C23H22ClFN2O4S. The Morgan fingerprint density at radius 3 is 2.72 bits per heavy atom. The monoisotopic (exact) mass is 476 g/mol. The molecule has 0 fully saturated rings. The van der Waals surface area contributed by atoms with Crippen molar-refractivity contribution in [2.45, 2.75) is 33.3 Å². The Morgan fingerprint density at radius 1 is 1.22 bits per heavy atom. The van der Waals surface area contributed by atoms with Crippen molar-refractivity contribution in [3.05, 3.63) is 69.9 Å². The van der Waals surface area contributed by atoms with Crippen molar-refractivity contribution in [3.63, 3.8) is 0 Å². The lowest BCUT2D eigenvalue weighted by molar-refractivity contribution is -0.145. The number of hydrogen-bond acceptors (Lipinski definition) is 6. The molecule has 0 aliphatic carbocycles. The number of amides is 1. The molecular weight excluding hydrogens is 455 g/mol. The van der Waals surface area contributed by atoms with Gasteiger partial charge in [0.2, 0.25) is 5.91 Å². The number of nitrogens with zero attached hydrogens (tertiary/aromatic N) is 2. The molecule has 3 aromatic rings. The van der Waals surface area contributed by atoms with Crippen molar-refractivity contribution in [1.82, 2.24) is 4.98 Å².